The number of hydrogen-bond donors (Lipinski definition) is 1. The Morgan fingerprint density at radius 3 is 2.75 bits per heavy atom. The Kier molecular flexibility index (Phi) is 4.16. The molecule has 0 saturated heterocycles. The second-order valence-electron chi connectivity index (χ2n) is 5.11. The first-order valence-corrected chi connectivity index (χ1v) is 7.21. The minimum absolute atomic E-state index is 0.0103. The highest BCUT2D eigenvalue weighted by Crippen LogP contribution is 2.26. The van der Waals surface area contributed by atoms with Gasteiger partial charge in [0.1, 0.15) is 11.1 Å². The predicted molar refractivity (Wildman–Crippen MR) is 90.5 cm³/mol. The second kappa shape index (κ2) is 6.42. The molecule has 1 aromatic heterocycles. The minimum atomic E-state index is -0.674. The molecule has 0 aliphatic carbocycles. The van der Waals surface area contributed by atoms with Crippen LogP contribution in [0.15, 0.2) is 63.8 Å². The van der Waals surface area contributed by atoms with Crippen LogP contribution in [0.2, 0.25) is 0 Å². The van der Waals surface area contributed by atoms with Crippen molar-refractivity contribution in [3.8, 4) is 11.5 Å². The number of ketones is 1. The SMILES string of the molecule is COc1cc(/C=C/C(=O)c2cc3ccccc3oc2=O)ccc1O. The summed E-state index contributed by atoms with van der Waals surface area (Å²) in [5, 5.41) is 10.2. The summed E-state index contributed by atoms with van der Waals surface area (Å²) in [6.07, 6.45) is 2.83. The number of rotatable bonds is 4. The highest BCUT2D eigenvalue weighted by Gasteiger charge is 2.11. The van der Waals surface area contributed by atoms with Crippen molar-refractivity contribution >= 4 is 22.8 Å². The first-order valence-electron chi connectivity index (χ1n) is 7.21. The largest absolute Gasteiger partial charge is 0.504 e. The fourth-order valence-corrected chi connectivity index (χ4v) is 2.29. The molecular formula is C19H14O5. The van der Waals surface area contributed by atoms with E-state index >= 15 is 0 Å². The molecule has 1 N–H and O–H groups in total. The van der Waals surface area contributed by atoms with Crippen LogP contribution in [0.25, 0.3) is 17.0 Å². The molecule has 5 nitrogen and oxygen atoms in total. The zero-order valence-electron chi connectivity index (χ0n) is 12.9. The molecule has 2 aromatic carbocycles. The molecule has 0 fully saturated rings. The van der Waals surface area contributed by atoms with Crippen LogP contribution in [-0.4, -0.2) is 18.0 Å². The van der Waals surface area contributed by atoms with E-state index in [4.69, 9.17) is 9.15 Å². The summed E-state index contributed by atoms with van der Waals surface area (Å²) in [6, 6.07) is 13.2. The van der Waals surface area contributed by atoms with Crippen LogP contribution >= 0.6 is 0 Å². The number of para-hydroxylation sites is 1. The van der Waals surface area contributed by atoms with Crippen molar-refractivity contribution in [2.24, 2.45) is 0 Å². The summed E-state index contributed by atoms with van der Waals surface area (Å²) < 4.78 is 10.2. The van der Waals surface area contributed by atoms with Crippen LogP contribution in [-0.2, 0) is 0 Å². The summed E-state index contributed by atoms with van der Waals surface area (Å²) in [6.45, 7) is 0. The van der Waals surface area contributed by atoms with E-state index in [-0.39, 0.29) is 11.3 Å². The van der Waals surface area contributed by atoms with Gasteiger partial charge in [-0.2, -0.15) is 0 Å². The third-order valence-electron chi connectivity index (χ3n) is 3.54. The van der Waals surface area contributed by atoms with Crippen molar-refractivity contribution in [3.63, 3.8) is 0 Å². The molecule has 0 unspecified atom stereocenters. The zero-order valence-corrected chi connectivity index (χ0v) is 12.9. The van der Waals surface area contributed by atoms with Gasteiger partial charge in [-0.1, -0.05) is 30.3 Å². The van der Waals surface area contributed by atoms with E-state index in [0.717, 1.165) is 0 Å². The van der Waals surface area contributed by atoms with E-state index in [0.29, 0.717) is 22.3 Å². The maximum atomic E-state index is 12.3. The van der Waals surface area contributed by atoms with E-state index in [2.05, 4.69) is 0 Å². The van der Waals surface area contributed by atoms with E-state index in [1.165, 1.54) is 25.3 Å². The Morgan fingerprint density at radius 1 is 1.17 bits per heavy atom. The van der Waals surface area contributed by atoms with Crippen LogP contribution in [0.3, 0.4) is 0 Å². The average molecular weight is 322 g/mol. The fraction of sp³-hybridized carbons (Fsp3) is 0.0526. The normalized spacial score (nSPS) is 11.0. The van der Waals surface area contributed by atoms with Crippen molar-refractivity contribution in [2.45, 2.75) is 0 Å². The van der Waals surface area contributed by atoms with Crippen molar-refractivity contribution in [1.82, 2.24) is 0 Å². The third-order valence-corrected chi connectivity index (χ3v) is 3.54. The quantitative estimate of drug-likeness (QED) is 0.452. The molecule has 120 valence electrons. The molecule has 0 radical (unpaired) electrons. The van der Waals surface area contributed by atoms with Crippen LogP contribution in [0.1, 0.15) is 15.9 Å². The number of aromatic hydroxyl groups is 1. The first-order chi connectivity index (χ1) is 11.6. The zero-order chi connectivity index (χ0) is 17.1. The maximum Gasteiger partial charge on any atom is 0.347 e. The van der Waals surface area contributed by atoms with Crippen LogP contribution in [0.4, 0.5) is 0 Å². The number of fused-ring (bicyclic) bond motifs is 1. The molecule has 0 amide bonds. The second-order valence-corrected chi connectivity index (χ2v) is 5.11. The lowest BCUT2D eigenvalue weighted by Crippen LogP contribution is -2.11. The van der Waals surface area contributed by atoms with Crippen molar-refractivity contribution in [2.75, 3.05) is 7.11 Å². The minimum Gasteiger partial charge on any atom is -0.504 e. The molecule has 0 saturated carbocycles. The number of carbonyl (C=O) groups excluding carboxylic acids is 1. The smallest absolute Gasteiger partial charge is 0.347 e. The number of methoxy groups -OCH3 is 1. The summed E-state index contributed by atoms with van der Waals surface area (Å²) in [5.74, 6) is -0.146. The van der Waals surface area contributed by atoms with E-state index in [1.54, 1.807) is 42.5 Å². The summed E-state index contributed by atoms with van der Waals surface area (Å²) in [5.41, 5.74) is 0.386. The number of hydrogen-bond acceptors (Lipinski definition) is 5. The number of ether oxygens (including phenoxy) is 1. The molecule has 0 spiro atoms. The summed E-state index contributed by atoms with van der Waals surface area (Å²) >= 11 is 0. The highest BCUT2D eigenvalue weighted by molar-refractivity contribution is 6.07. The predicted octanol–water partition coefficient (Wildman–Crippen LogP) is 3.40. The number of phenolic OH excluding ortho intramolecular Hbond substituents is 1. The monoisotopic (exact) mass is 322 g/mol. The Hall–Kier alpha value is -3.34. The van der Waals surface area contributed by atoms with Crippen LogP contribution in [0.5, 0.6) is 11.5 Å². The molecule has 5 heteroatoms. The molecule has 24 heavy (non-hydrogen) atoms. The molecule has 0 atom stereocenters. The van der Waals surface area contributed by atoms with Crippen molar-refractivity contribution < 1.29 is 19.1 Å². The molecule has 0 aliphatic rings. The lowest BCUT2D eigenvalue weighted by Gasteiger charge is -2.03. The van der Waals surface area contributed by atoms with Gasteiger partial charge >= 0.3 is 5.63 Å². The van der Waals surface area contributed by atoms with Gasteiger partial charge in [0.15, 0.2) is 17.3 Å². The van der Waals surface area contributed by atoms with Crippen molar-refractivity contribution in [1.29, 1.82) is 0 Å². The van der Waals surface area contributed by atoms with Crippen molar-refractivity contribution in [3.05, 3.63) is 76.2 Å². The molecule has 0 aliphatic heterocycles. The van der Waals surface area contributed by atoms with Gasteiger partial charge in [-0.05, 0) is 35.9 Å². The number of benzene rings is 2. The molecule has 1 heterocycles. The summed E-state index contributed by atoms with van der Waals surface area (Å²) in [4.78, 5) is 24.2. The molecule has 3 rings (SSSR count). The number of allylic oxidation sites excluding steroid dienone is 1. The van der Waals surface area contributed by atoms with E-state index in [9.17, 15) is 14.7 Å². The standard InChI is InChI=1S/C19H14O5/c1-23-18-10-12(7-9-16(18)21)6-8-15(20)14-11-13-4-2-3-5-17(13)24-19(14)22/h2-11,21H,1H3/b8-6+. The van der Waals surface area contributed by atoms with Gasteiger partial charge in [0, 0.05) is 5.39 Å². The Morgan fingerprint density at radius 2 is 1.96 bits per heavy atom. The van der Waals surface area contributed by atoms with Crippen LogP contribution < -0.4 is 10.4 Å². The van der Waals surface area contributed by atoms with Gasteiger partial charge in [0.25, 0.3) is 0 Å². The van der Waals surface area contributed by atoms with E-state index in [1.807, 2.05) is 0 Å². The van der Waals surface area contributed by atoms with E-state index < -0.39 is 11.4 Å². The highest BCUT2D eigenvalue weighted by atomic mass is 16.5. The Bertz CT molecular complexity index is 998. The van der Waals surface area contributed by atoms with Gasteiger partial charge in [-0.3, -0.25) is 4.79 Å². The topological polar surface area (TPSA) is 76.7 Å². The average Bonchev–Trinajstić information content (AvgIpc) is 2.60. The first kappa shape index (κ1) is 15.6. The van der Waals surface area contributed by atoms with Gasteiger partial charge in [-0.25, -0.2) is 4.79 Å². The maximum absolute atomic E-state index is 12.3. The molecule has 0 bridgehead atoms. The lowest BCUT2D eigenvalue weighted by atomic mass is 10.1. The van der Waals surface area contributed by atoms with Gasteiger partial charge < -0.3 is 14.3 Å². The number of carbonyl (C=O) groups is 1. The Labute approximate surface area is 137 Å². The lowest BCUT2D eigenvalue weighted by molar-refractivity contribution is 0.104. The molecule has 3 aromatic rings. The van der Waals surface area contributed by atoms with Crippen LogP contribution in [0, 0.1) is 0 Å². The summed E-state index contributed by atoms with van der Waals surface area (Å²) in [7, 11) is 1.44. The van der Waals surface area contributed by atoms with Gasteiger partial charge in [0.05, 0.1) is 7.11 Å². The Balaban J connectivity index is 1.92. The fourth-order valence-electron chi connectivity index (χ4n) is 2.29. The van der Waals surface area contributed by atoms with Gasteiger partial charge in [-0.15, -0.1) is 0 Å². The number of phenols is 1. The van der Waals surface area contributed by atoms with Gasteiger partial charge in [0.2, 0.25) is 0 Å². The third kappa shape index (κ3) is 3.05. The molecular weight excluding hydrogens is 308 g/mol.